The minimum atomic E-state index is -1.19. The van der Waals surface area contributed by atoms with E-state index in [1.807, 2.05) is 30.3 Å². The Labute approximate surface area is 223 Å². The fraction of sp³-hybridized carbons (Fsp3) is 0.143. The first-order valence-corrected chi connectivity index (χ1v) is 12.6. The van der Waals surface area contributed by atoms with Gasteiger partial charge in [0.2, 0.25) is 5.91 Å². The maximum absolute atomic E-state index is 13.1. The van der Waals surface area contributed by atoms with Gasteiger partial charge in [-0.2, -0.15) is 0 Å². The molecule has 0 aliphatic heterocycles. The summed E-state index contributed by atoms with van der Waals surface area (Å²) in [5, 5.41) is 14.3. The molecule has 9 nitrogen and oxygen atoms in total. The van der Waals surface area contributed by atoms with Gasteiger partial charge < -0.3 is 15.7 Å². The first-order chi connectivity index (χ1) is 18.2. The first-order valence-electron chi connectivity index (χ1n) is 11.7. The lowest BCUT2D eigenvalue weighted by molar-refractivity contribution is -0.115. The van der Waals surface area contributed by atoms with E-state index < -0.39 is 17.1 Å². The van der Waals surface area contributed by atoms with Crippen LogP contribution in [-0.4, -0.2) is 37.5 Å². The van der Waals surface area contributed by atoms with Crippen molar-refractivity contribution in [1.82, 2.24) is 9.36 Å². The zero-order valence-electron chi connectivity index (χ0n) is 21.0. The number of amides is 2. The Morgan fingerprint density at radius 2 is 1.55 bits per heavy atom. The van der Waals surface area contributed by atoms with Crippen molar-refractivity contribution in [3.63, 3.8) is 0 Å². The summed E-state index contributed by atoms with van der Waals surface area (Å²) in [6.45, 7) is 3.49. The molecule has 194 valence electrons. The zero-order valence-corrected chi connectivity index (χ0v) is 21.8. The van der Waals surface area contributed by atoms with Gasteiger partial charge in [0.25, 0.3) is 11.5 Å². The molecule has 1 aromatic heterocycles. The van der Waals surface area contributed by atoms with E-state index in [4.69, 9.17) is 0 Å². The molecule has 0 bridgehead atoms. The van der Waals surface area contributed by atoms with Crippen molar-refractivity contribution in [2.24, 2.45) is 7.05 Å². The van der Waals surface area contributed by atoms with Crippen molar-refractivity contribution < 1.29 is 19.5 Å². The number of carbonyl (C=O) groups is 3. The van der Waals surface area contributed by atoms with E-state index in [0.29, 0.717) is 22.0 Å². The number of aromatic nitrogens is 2. The molecule has 0 radical (unpaired) electrons. The maximum Gasteiger partial charge on any atom is 0.336 e. The van der Waals surface area contributed by atoms with Gasteiger partial charge in [0, 0.05) is 17.6 Å². The highest BCUT2D eigenvalue weighted by molar-refractivity contribution is 8.00. The van der Waals surface area contributed by atoms with Gasteiger partial charge in [-0.3, -0.25) is 19.1 Å². The zero-order chi connectivity index (χ0) is 27.4. The second-order valence-electron chi connectivity index (χ2n) is 8.52. The van der Waals surface area contributed by atoms with Crippen molar-refractivity contribution in [2.75, 3.05) is 10.6 Å². The van der Waals surface area contributed by atoms with Gasteiger partial charge in [-0.15, -0.1) is 11.8 Å². The lowest BCUT2D eigenvalue weighted by Crippen LogP contribution is -2.27. The Bertz CT molecular complexity index is 1580. The average molecular weight is 531 g/mol. The van der Waals surface area contributed by atoms with E-state index in [2.05, 4.69) is 10.6 Å². The Balaban J connectivity index is 1.47. The molecule has 1 unspecified atom stereocenters. The standard InChI is InChI=1S/C28H26N4O5S/c1-17-24(27(35)32(31(17)3)20-11-5-4-6-12-20)30-25(33)18(2)38-21-13-9-10-19(16-21)29-26(34)22-14-7-8-15-23(22)28(36)37/h4-16,18H,1-3H3,(H,29,34)(H,30,33)(H,36,37). The number of nitrogens with one attached hydrogen (secondary N) is 2. The molecule has 1 atom stereocenters. The van der Waals surface area contributed by atoms with Crippen LogP contribution in [0.4, 0.5) is 11.4 Å². The average Bonchev–Trinajstić information content (AvgIpc) is 3.12. The van der Waals surface area contributed by atoms with E-state index in [1.54, 1.807) is 62.0 Å². The lowest BCUT2D eigenvalue weighted by Gasteiger charge is -2.13. The summed E-state index contributed by atoms with van der Waals surface area (Å²) in [5.74, 6) is -2.08. The topological polar surface area (TPSA) is 122 Å². The van der Waals surface area contributed by atoms with Crippen LogP contribution >= 0.6 is 11.8 Å². The van der Waals surface area contributed by atoms with E-state index in [1.165, 1.54) is 28.6 Å². The molecule has 0 spiro atoms. The maximum atomic E-state index is 13.1. The summed E-state index contributed by atoms with van der Waals surface area (Å²) >= 11 is 1.26. The van der Waals surface area contributed by atoms with E-state index in [-0.39, 0.29) is 28.3 Å². The molecule has 0 aliphatic carbocycles. The number of aromatic carboxylic acids is 1. The third-order valence-electron chi connectivity index (χ3n) is 5.98. The van der Waals surface area contributed by atoms with Gasteiger partial charge in [0.15, 0.2) is 0 Å². The summed E-state index contributed by atoms with van der Waals surface area (Å²) in [5.41, 5.74) is 1.61. The van der Waals surface area contributed by atoms with Crippen LogP contribution in [0.2, 0.25) is 0 Å². The third kappa shape index (κ3) is 5.55. The van der Waals surface area contributed by atoms with Crippen LogP contribution in [0.25, 0.3) is 5.69 Å². The van der Waals surface area contributed by atoms with Crippen LogP contribution in [0.3, 0.4) is 0 Å². The minimum absolute atomic E-state index is 0.0465. The Kier molecular flexibility index (Phi) is 7.82. The van der Waals surface area contributed by atoms with Crippen LogP contribution in [0.1, 0.15) is 33.3 Å². The largest absolute Gasteiger partial charge is 0.478 e. The highest BCUT2D eigenvalue weighted by atomic mass is 32.2. The number of carbonyl (C=O) groups excluding carboxylic acids is 2. The number of anilines is 2. The number of carboxylic acid groups (broad SMARTS) is 1. The van der Waals surface area contributed by atoms with Gasteiger partial charge >= 0.3 is 5.97 Å². The summed E-state index contributed by atoms with van der Waals surface area (Å²) < 4.78 is 3.19. The van der Waals surface area contributed by atoms with Gasteiger partial charge in [-0.1, -0.05) is 36.4 Å². The normalized spacial score (nSPS) is 11.6. The lowest BCUT2D eigenvalue weighted by atomic mass is 10.1. The Hall–Kier alpha value is -4.57. The molecule has 3 N–H and O–H groups in total. The minimum Gasteiger partial charge on any atom is -0.478 e. The third-order valence-corrected chi connectivity index (χ3v) is 7.07. The number of thioether (sulfide) groups is 1. The molecule has 1 heterocycles. The molecule has 4 rings (SSSR count). The van der Waals surface area contributed by atoms with Gasteiger partial charge in [0.1, 0.15) is 5.69 Å². The molecule has 0 aliphatic rings. The highest BCUT2D eigenvalue weighted by Crippen LogP contribution is 2.27. The fourth-order valence-electron chi connectivity index (χ4n) is 3.91. The smallest absolute Gasteiger partial charge is 0.336 e. The Morgan fingerprint density at radius 1 is 0.895 bits per heavy atom. The first kappa shape index (κ1) is 26.5. The van der Waals surface area contributed by atoms with Crippen molar-refractivity contribution in [1.29, 1.82) is 0 Å². The quantitative estimate of drug-likeness (QED) is 0.287. The summed E-state index contributed by atoms with van der Waals surface area (Å²) in [6.07, 6.45) is 0. The molecule has 0 fully saturated rings. The van der Waals surface area contributed by atoms with Crippen LogP contribution in [0.5, 0.6) is 0 Å². The number of para-hydroxylation sites is 1. The Morgan fingerprint density at radius 3 is 2.24 bits per heavy atom. The van der Waals surface area contributed by atoms with Crippen LogP contribution in [0, 0.1) is 6.92 Å². The summed E-state index contributed by atoms with van der Waals surface area (Å²) in [7, 11) is 1.76. The number of nitrogens with zero attached hydrogens (tertiary/aromatic N) is 2. The van der Waals surface area contributed by atoms with E-state index in [0.717, 1.165) is 0 Å². The molecular formula is C28H26N4O5S. The van der Waals surface area contributed by atoms with E-state index >= 15 is 0 Å². The van der Waals surface area contributed by atoms with Crippen molar-refractivity contribution in [3.05, 3.63) is 106 Å². The SMILES string of the molecule is Cc1c(NC(=O)C(C)Sc2cccc(NC(=O)c3ccccc3C(=O)O)c2)c(=O)n(-c2ccccc2)n1C. The molecule has 38 heavy (non-hydrogen) atoms. The molecule has 3 aromatic carbocycles. The van der Waals surface area contributed by atoms with Crippen molar-refractivity contribution in [3.8, 4) is 5.69 Å². The monoisotopic (exact) mass is 530 g/mol. The van der Waals surface area contributed by atoms with Crippen molar-refractivity contribution in [2.45, 2.75) is 24.0 Å². The number of hydrogen-bond acceptors (Lipinski definition) is 5. The molecule has 0 saturated heterocycles. The van der Waals surface area contributed by atoms with Gasteiger partial charge in [-0.25, -0.2) is 9.48 Å². The molecule has 0 saturated carbocycles. The van der Waals surface area contributed by atoms with Crippen LogP contribution < -0.4 is 16.2 Å². The second kappa shape index (κ2) is 11.2. The summed E-state index contributed by atoms with van der Waals surface area (Å²) in [6, 6.07) is 22.0. The van der Waals surface area contributed by atoms with Gasteiger partial charge in [0.05, 0.1) is 27.8 Å². The molecular weight excluding hydrogens is 504 g/mol. The molecule has 2 amide bonds. The molecule has 10 heteroatoms. The number of benzene rings is 3. The van der Waals surface area contributed by atoms with Crippen molar-refractivity contribution >= 4 is 40.9 Å². The predicted octanol–water partition coefficient (Wildman–Crippen LogP) is 4.55. The number of rotatable bonds is 8. The summed E-state index contributed by atoms with van der Waals surface area (Å²) in [4.78, 5) is 51.0. The van der Waals surface area contributed by atoms with Crippen LogP contribution in [0.15, 0.2) is 88.6 Å². The predicted molar refractivity (Wildman–Crippen MR) is 147 cm³/mol. The number of hydrogen-bond donors (Lipinski definition) is 3. The molecule has 4 aromatic rings. The second-order valence-corrected chi connectivity index (χ2v) is 9.93. The highest BCUT2D eigenvalue weighted by Gasteiger charge is 2.22. The van der Waals surface area contributed by atoms with Crippen LogP contribution in [-0.2, 0) is 11.8 Å². The number of carboxylic acids is 1. The van der Waals surface area contributed by atoms with Gasteiger partial charge in [-0.05, 0) is 56.3 Å². The van der Waals surface area contributed by atoms with E-state index in [9.17, 15) is 24.3 Å². The fourth-order valence-corrected chi connectivity index (χ4v) is 4.83.